The molecule has 68 valence electrons. The first kappa shape index (κ1) is 8.24. The molecule has 2 rings (SSSR count). The Labute approximate surface area is 73.5 Å². The summed E-state index contributed by atoms with van der Waals surface area (Å²) in [5, 5.41) is 0. The van der Waals surface area contributed by atoms with E-state index in [0.717, 1.165) is 12.8 Å². The van der Waals surface area contributed by atoms with E-state index < -0.39 is 0 Å². The zero-order chi connectivity index (χ0) is 8.82. The zero-order valence-electron chi connectivity index (χ0n) is 7.72. The molecule has 1 nitrogen and oxygen atoms in total. The first-order valence-electron chi connectivity index (χ1n) is 4.73. The van der Waals surface area contributed by atoms with E-state index in [1.165, 1.54) is 12.8 Å². The molecule has 0 aromatic heterocycles. The van der Waals surface area contributed by atoms with Gasteiger partial charge in [0, 0.05) is 25.7 Å². The maximum atomic E-state index is 13.0. The molecule has 2 fully saturated rings. The molecule has 0 bridgehead atoms. The van der Waals surface area contributed by atoms with E-state index >= 15 is 0 Å². The molecule has 12 heavy (non-hydrogen) atoms. The lowest BCUT2D eigenvalue weighted by Gasteiger charge is -2.38. The summed E-state index contributed by atoms with van der Waals surface area (Å²) in [5.74, 6) is 0. The monoisotopic (exact) mass is 170 g/mol. The molecule has 0 aliphatic heterocycles. The maximum Gasteiger partial charge on any atom is 0.222 e. The van der Waals surface area contributed by atoms with Crippen LogP contribution < -0.4 is 0 Å². The fourth-order valence-electron chi connectivity index (χ4n) is 2.28. The highest BCUT2D eigenvalue weighted by Gasteiger charge is 2.61. The Morgan fingerprint density at radius 1 is 1.58 bits per heavy atom. The van der Waals surface area contributed by atoms with Gasteiger partial charge in [-0.05, 0) is 6.08 Å². The summed E-state index contributed by atoms with van der Waals surface area (Å²) in [6.07, 6.45) is 6.65. The van der Waals surface area contributed by atoms with Gasteiger partial charge in [-0.2, -0.15) is 4.39 Å². The summed E-state index contributed by atoms with van der Waals surface area (Å²) in [7, 11) is 2.05. The van der Waals surface area contributed by atoms with Gasteiger partial charge < -0.3 is 0 Å². The Bertz CT molecular complexity index is 206. The van der Waals surface area contributed by atoms with Gasteiger partial charge in [-0.3, -0.25) is 4.48 Å². The Morgan fingerprint density at radius 2 is 2.17 bits per heavy atom. The molecule has 0 saturated heterocycles. The second kappa shape index (κ2) is 2.32. The van der Waals surface area contributed by atoms with Crippen molar-refractivity contribution in [3.63, 3.8) is 0 Å². The molecule has 0 N–H and O–H groups in total. The van der Waals surface area contributed by atoms with Gasteiger partial charge >= 0.3 is 0 Å². The lowest BCUT2D eigenvalue weighted by atomic mass is 10.2. The topological polar surface area (TPSA) is 0 Å². The van der Waals surface area contributed by atoms with Crippen molar-refractivity contribution in [1.82, 2.24) is 0 Å². The molecule has 0 aromatic rings. The first-order chi connectivity index (χ1) is 5.68. The molecule has 1 atom stereocenters. The highest BCUT2D eigenvalue weighted by molar-refractivity contribution is 5.10. The van der Waals surface area contributed by atoms with E-state index in [0.29, 0.717) is 10.5 Å². The largest absolute Gasteiger partial charge is 0.289 e. The summed E-state index contributed by atoms with van der Waals surface area (Å²) in [6, 6.07) is 0.579. The predicted octanol–water partition coefficient (Wildman–Crippen LogP) is 2.24. The van der Waals surface area contributed by atoms with Gasteiger partial charge in [0.25, 0.3) is 0 Å². The Hall–Kier alpha value is -0.370. The fourth-order valence-corrected chi connectivity index (χ4v) is 2.28. The van der Waals surface area contributed by atoms with Crippen LogP contribution in [0.15, 0.2) is 12.7 Å². The molecule has 1 unspecified atom stereocenters. The Balaban J connectivity index is 2.20. The smallest absolute Gasteiger partial charge is 0.222 e. The van der Waals surface area contributed by atoms with Crippen LogP contribution in [-0.2, 0) is 0 Å². The van der Waals surface area contributed by atoms with Crippen molar-refractivity contribution in [2.24, 2.45) is 0 Å². The summed E-state index contributed by atoms with van der Waals surface area (Å²) >= 11 is 0. The Kier molecular flexibility index (Phi) is 1.59. The van der Waals surface area contributed by atoms with Crippen molar-refractivity contribution in [1.29, 1.82) is 0 Å². The average Bonchev–Trinajstić information content (AvgIpc) is 2.93. The molecule has 2 saturated carbocycles. The number of quaternary nitrogens is 1. The molecular formula is C10H17FN+. The lowest BCUT2D eigenvalue weighted by molar-refractivity contribution is -0.958. The summed E-state index contributed by atoms with van der Waals surface area (Å²) in [5.41, 5.74) is 0.107. The molecule has 0 aromatic carbocycles. The van der Waals surface area contributed by atoms with Crippen molar-refractivity contribution in [3.05, 3.63) is 12.7 Å². The van der Waals surface area contributed by atoms with E-state index in [4.69, 9.17) is 0 Å². The van der Waals surface area contributed by atoms with Crippen LogP contribution in [-0.4, -0.2) is 29.9 Å². The highest BCUT2D eigenvalue weighted by Crippen LogP contribution is 2.52. The third-order valence-electron chi connectivity index (χ3n) is 3.76. The second-order valence-electron chi connectivity index (χ2n) is 4.43. The molecule has 2 aliphatic rings. The quantitative estimate of drug-likeness (QED) is 0.345. The van der Waals surface area contributed by atoms with Gasteiger partial charge in [0.05, 0.1) is 13.1 Å². The van der Waals surface area contributed by atoms with Crippen LogP contribution in [0.5, 0.6) is 0 Å². The standard InChI is InChI=1S/C10H17FN/c1-3-10(6-7-10)12(2,8-11)9-4-5-9/h3,9H,1,4-8H2,2H3/q+1. The Morgan fingerprint density at radius 3 is 2.42 bits per heavy atom. The predicted molar refractivity (Wildman–Crippen MR) is 47.3 cm³/mol. The van der Waals surface area contributed by atoms with Crippen molar-refractivity contribution < 1.29 is 8.87 Å². The van der Waals surface area contributed by atoms with Crippen molar-refractivity contribution in [2.75, 3.05) is 13.8 Å². The molecule has 0 heterocycles. The van der Waals surface area contributed by atoms with Crippen LogP contribution in [0.2, 0.25) is 0 Å². The summed E-state index contributed by atoms with van der Waals surface area (Å²) in [4.78, 5) is 0. The maximum absolute atomic E-state index is 13.0. The number of rotatable bonds is 4. The van der Waals surface area contributed by atoms with E-state index in [9.17, 15) is 4.39 Å². The first-order valence-corrected chi connectivity index (χ1v) is 4.73. The zero-order valence-corrected chi connectivity index (χ0v) is 7.72. The molecule has 2 aliphatic carbocycles. The van der Waals surface area contributed by atoms with Crippen LogP contribution in [0.3, 0.4) is 0 Å². The van der Waals surface area contributed by atoms with Gasteiger partial charge in [-0.25, -0.2) is 0 Å². The van der Waals surface area contributed by atoms with Crippen LogP contribution in [0.4, 0.5) is 4.39 Å². The number of hydrogen-bond acceptors (Lipinski definition) is 0. The van der Waals surface area contributed by atoms with E-state index in [-0.39, 0.29) is 12.3 Å². The average molecular weight is 170 g/mol. The van der Waals surface area contributed by atoms with Crippen molar-refractivity contribution >= 4 is 0 Å². The minimum Gasteiger partial charge on any atom is -0.289 e. The number of halogens is 1. The normalized spacial score (nSPS) is 30.8. The molecule has 0 amide bonds. The molecule has 2 heteroatoms. The number of likely N-dealkylation sites (N-methyl/N-ethyl adjacent to an activating group) is 1. The van der Waals surface area contributed by atoms with Gasteiger partial charge in [-0.15, -0.1) is 0 Å². The fraction of sp³-hybridized carbons (Fsp3) is 0.800. The van der Waals surface area contributed by atoms with Crippen LogP contribution >= 0.6 is 0 Å². The second-order valence-corrected chi connectivity index (χ2v) is 4.43. The summed E-state index contributed by atoms with van der Waals surface area (Å²) < 4.78 is 13.6. The summed E-state index contributed by atoms with van der Waals surface area (Å²) in [6.45, 7) is 3.61. The SMILES string of the molecule is C=CC1([N+](C)(CF)C2CC2)CC1. The van der Waals surface area contributed by atoms with Crippen molar-refractivity contribution in [2.45, 2.75) is 37.3 Å². The number of alkyl halides is 1. The van der Waals surface area contributed by atoms with Crippen LogP contribution in [0.1, 0.15) is 25.7 Å². The van der Waals surface area contributed by atoms with Crippen molar-refractivity contribution in [3.8, 4) is 0 Å². The third-order valence-corrected chi connectivity index (χ3v) is 3.76. The minimum absolute atomic E-state index is 0.107. The number of nitrogens with zero attached hydrogens (tertiary/aromatic N) is 1. The minimum atomic E-state index is -0.226. The van der Waals surface area contributed by atoms with E-state index in [1.807, 2.05) is 13.1 Å². The van der Waals surface area contributed by atoms with Gasteiger partial charge in [0.2, 0.25) is 6.80 Å². The molecular weight excluding hydrogens is 153 g/mol. The third kappa shape index (κ3) is 0.875. The van der Waals surface area contributed by atoms with Gasteiger partial charge in [-0.1, -0.05) is 6.58 Å². The molecule has 0 spiro atoms. The van der Waals surface area contributed by atoms with E-state index in [1.54, 1.807) is 0 Å². The highest BCUT2D eigenvalue weighted by atomic mass is 19.1. The van der Waals surface area contributed by atoms with Crippen LogP contribution in [0.25, 0.3) is 0 Å². The molecule has 0 radical (unpaired) electrons. The van der Waals surface area contributed by atoms with E-state index in [2.05, 4.69) is 6.58 Å². The van der Waals surface area contributed by atoms with Gasteiger partial charge in [0.15, 0.2) is 0 Å². The lowest BCUT2D eigenvalue weighted by Crippen LogP contribution is -2.54. The van der Waals surface area contributed by atoms with Gasteiger partial charge in [0.1, 0.15) is 5.54 Å². The number of hydrogen-bond donors (Lipinski definition) is 0. The van der Waals surface area contributed by atoms with Crippen LogP contribution in [0, 0.1) is 0 Å².